The summed E-state index contributed by atoms with van der Waals surface area (Å²) in [6, 6.07) is -2.17. The van der Waals surface area contributed by atoms with Crippen molar-refractivity contribution in [3.63, 3.8) is 0 Å². The van der Waals surface area contributed by atoms with Crippen molar-refractivity contribution in [2.45, 2.75) is 19.4 Å². The minimum absolute atomic E-state index is 0.364. The van der Waals surface area contributed by atoms with E-state index in [-0.39, 0.29) is 6.54 Å². The smallest absolute Gasteiger partial charge is 0.325 e. The minimum atomic E-state index is -1.27. The van der Waals surface area contributed by atoms with E-state index >= 15 is 0 Å². The van der Waals surface area contributed by atoms with Crippen molar-refractivity contribution in [1.29, 1.82) is 0 Å². The van der Waals surface area contributed by atoms with Crippen LogP contribution in [0.3, 0.4) is 0 Å². The van der Waals surface area contributed by atoms with Crippen molar-refractivity contribution in [3.8, 4) is 0 Å². The van der Waals surface area contributed by atoms with Crippen LogP contribution in [0.5, 0.6) is 0 Å². The number of nitrogens with one attached hydrogen (secondary N) is 1. The second-order valence-electron chi connectivity index (χ2n) is 2.90. The number of amides is 3. The fraction of sp³-hybridized carbons (Fsp3) is 0.500. The number of hydrogen-bond acceptors (Lipinski definition) is 4. The van der Waals surface area contributed by atoms with Crippen LogP contribution in [0.15, 0.2) is 0 Å². The van der Waals surface area contributed by atoms with Gasteiger partial charge in [-0.15, -0.1) is 0 Å². The first-order valence-electron chi connectivity index (χ1n) is 4.29. The van der Waals surface area contributed by atoms with Crippen molar-refractivity contribution in [3.05, 3.63) is 0 Å². The number of rotatable bonds is 6. The Hall–Kier alpha value is -2.12. The van der Waals surface area contributed by atoms with Crippen LogP contribution in [0, 0.1) is 0 Å². The molecule has 3 amide bonds. The Morgan fingerprint density at radius 3 is 2.31 bits per heavy atom. The summed E-state index contributed by atoms with van der Waals surface area (Å²) in [4.78, 5) is 42.5. The Balaban J connectivity index is 4.25. The fourth-order valence-corrected chi connectivity index (χ4v) is 0.721. The number of carboxylic acids is 2. The maximum atomic E-state index is 11.2. The van der Waals surface area contributed by atoms with Crippen molar-refractivity contribution in [2.24, 2.45) is 0 Å². The molecule has 1 unspecified atom stereocenters. The summed E-state index contributed by atoms with van der Waals surface area (Å²) in [6.07, 6.45) is 0.790. The molecular formula is C8H11N2O6. The van der Waals surface area contributed by atoms with Gasteiger partial charge in [-0.25, -0.2) is 4.79 Å². The van der Waals surface area contributed by atoms with Gasteiger partial charge in [0.2, 0.25) is 0 Å². The molecule has 0 saturated carbocycles. The van der Waals surface area contributed by atoms with Crippen molar-refractivity contribution < 1.29 is 29.4 Å². The third-order valence-electron chi connectivity index (χ3n) is 1.62. The third kappa shape index (κ3) is 4.94. The molecule has 8 nitrogen and oxygen atoms in total. The molecule has 0 aliphatic rings. The van der Waals surface area contributed by atoms with Gasteiger partial charge < -0.3 is 15.5 Å². The Kier molecular flexibility index (Phi) is 5.53. The zero-order valence-electron chi connectivity index (χ0n) is 8.47. The molecule has 0 aliphatic heterocycles. The molecule has 0 aliphatic carbocycles. The van der Waals surface area contributed by atoms with E-state index in [1.807, 2.05) is 5.32 Å². The summed E-state index contributed by atoms with van der Waals surface area (Å²) in [5, 5.41) is 18.8. The van der Waals surface area contributed by atoms with Crippen LogP contribution >= 0.6 is 0 Å². The first-order valence-corrected chi connectivity index (χ1v) is 4.29. The second kappa shape index (κ2) is 6.38. The monoisotopic (exact) mass is 231 g/mol. The van der Waals surface area contributed by atoms with Crippen LogP contribution in [-0.4, -0.2) is 52.1 Å². The maximum Gasteiger partial charge on any atom is 0.325 e. The zero-order valence-corrected chi connectivity index (χ0v) is 8.47. The highest BCUT2D eigenvalue weighted by Gasteiger charge is 2.19. The molecule has 0 fully saturated rings. The van der Waals surface area contributed by atoms with Gasteiger partial charge >= 0.3 is 24.4 Å². The fourth-order valence-electron chi connectivity index (χ4n) is 0.721. The van der Waals surface area contributed by atoms with E-state index in [9.17, 15) is 19.2 Å². The van der Waals surface area contributed by atoms with E-state index in [1.165, 1.54) is 13.3 Å². The first-order chi connectivity index (χ1) is 7.38. The molecule has 0 aromatic heterocycles. The summed E-state index contributed by atoms with van der Waals surface area (Å²) in [7, 11) is 0. The Labute approximate surface area is 90.8 Å². The molecule has 1 radical (unpaired) electrons. The van der Waals surface area contributed by atoms with Gasteiger partial charge in [-0.1, -0.05) is 0 Å². The molecule has 3 N–H and O–H groups in total. The number of urea groups is 1. The quantitative estimate of drug-likeness (QED) is 0.504. The minimum Gasteiger partial charge on any atom is -0.481 e. The van der Waals surface area contributed by atoms with Gasteiger partial charge in [0.15, 0.2) is 0 Å². The lowest BCUT2D eigenvalue weighted by Gasteiger charge is -2.16. The average molecular weight is 231 g/mol. The molecule has 0 bridgehead atoms. The Morgan fingerprint density at radius 2 is 1.94 bits per heavy atom. The summed E-state index contributed by atoms with van der Waals surface area (Å²) in [6.45, 7) is 0.845. The number of imide groups is 1. The van der Waals surface area contributed by atoms with Crippen LogP contribution in [0.25, 0.3) is 0 Å². The van der Waals surface area contributed by atoms with Gasteiger partial charge in [0, 0.05) is 6.54 Å². The van der Waals surface area contributed by atoms with E-state index in [1.54, 1.807) is 0 Å². The van der Waals surface area contributed by atoms with Gasteiger partial charge in [-0.3, -0.25) is 19.3 Å². The SMILES string of the molecule is CC(NC(=O)N([C]=O)CCC(=O)O)C(=O)O. The highest BCUT2D eigenvalue weighted by atomic mass is 16.4. The third-order valence-corrected chi connectivity index (χ3v) is 1.62. The van der Waals surface area contributed by atoms with Gasteiger partial charge in [0.05, 0.1) is 6.42 Å². The van der Waals surface area contributed by atoms with E-state index in [0.29, 0.717) is 4.90 Å². The summed E-state index contributed by atoms with van der Waals surface area (Å²) in [5.74, 6) is -2.45. The molecule has 0 heterocycles. The highest BCUT2D eigenvalue weighted by molar-refractivity contribution is 5.88. The summed E-state index contributed by atoms with van der Waals surface area (Å²) >= 11 is 0. The van der Waals surface area contributed by atoms with E-state index < -0.39 is 30.4 Å². The molecule has 0 aromatic carbocycles. The Bertz CT molecular complexity index is 303. The van der Waals surface area contributed by atoms with Gasteiger partial charge in [0.1, 0.15) is 6.04 Å². The molecule has 0 spiro atoms. The lowest BCUT2D eigenvalue weighted by atomic mass is 10.3. The van der Waals surface area contributed by atoms with E-state index in [2.05, 4.69) is 0 Å². The number of carboxylic acid groups (broad SMARTS) is 2. The van der Waals surface area contributed by atoms with Crippen molar-refractivity contribution in [2.75, 3.05) is 6.54 Å². The lowest BCUT2D eigenvalue weighted by molar-refractivity contribution is -0.139. The van der Waals surface area contributed by atoms with Crippen LogP contribution in [-0.2, 0) is 14.4 Å². The average Bonchev–Trinajstić information content (AvgIpc) is 2.17. The molecule has 0 aromatic rings. The van der Waals surface area contributed by atoms with Gasteiger partial charge in [-0.05, 0) is 6.92 Å². The second-order valence-corrected chi connectivity index (χ2v) is 2.90. The molecular weight excluding hydrogens is 220 g/mol. The van der Waals surface area contributed by atoms with Crippen molar-refractivity contribution in [1.82, 2.24) is 10.2 Å². The van der Waals surface area contributed by atoms with Gasteiger partial charge in [-0.2, -0.15) is 0 Å². The maximum absolute atomic E-state index is 11.2. The summed E-state index contributed by atoms with van der Waals surface area (Å²) in [5.41, 5.74) is 0. The molecule has 16 heavy (non-hydrogen) atoms. The standard InChI is InChI=1S/C8H11N2O6/c1-5(7(14)15)9-8(16)10(4-11)3-2-6(12)13/h5H,2-3H2,1H3,(H,9,16)(H,12,13)(H,14,15). The lowest BCUT2D eigenvalue weighted by Crippen LogP contribution is -2.46. The molecule has 0 saturated heterocycles. The number of hydrogen-bond donors (Lipinski definition) is 3. The summed E-state index contributed by atoms with van der Waals surface area (Å²) < 4.78 is 0. The van der Waals surface area contributed by atoms with Crippen LogP contribution in [0.1, 0.15) is 13.3 Å². The molecule has 0 rings (SSSR count). The number of carbonyl (C=O) groups excluding carboxylic acids is 2. The number of carbonyl (C=O) groups is 3. The predicted molar refractivity (Wildman–Crippen MR) is 50.3 cm³/mol. The largest absolute Gasteiger partial charge is 0.481 e. The van der Waals surface area contributed by atoms with Crippen LogP contribution in [0.2, 0.25) is 0 Å². The van der Waals surface area contributed by atoms with E-state index in [4.69, 9.17) is 10.2 Å². The molecule has 8 heteroatoms. The van der Waals surface area contributed by atoms with Gasteiger partial charge in [0.25, 0.3) is 0 Å². The first kappa shape index (κ1) is 13.9. The zero-order chi connectivity index (χ0) is 12.7. The normalized spacial score (nSPS) is 11.3. The van der Waals surface area contributed by atoms with Crippen LogP contribution < -0.4 is 5.32 Å². The predicted octanol–water partition coefficient (Wildman–Crippen LogP) is -0.987. The topological polar surface area (TPSA) is 124 Å². The van der Waals surface area contributed by atoms with Crippen molar-refractivity contribution >= 4 is 24.4 Å². The number of nitrogens with zero attached hydrogens (tertiary/aromatic N) is 1. The van der Waals surface area contributed by atoms with Crippen LogP contribution in [0.4, 0.5) is 4.79 Å². The molecule has 1 atom stereocenters. The highest BCUT2D eigenvalue weighted by Crippen LogP contribution is 1.92. The number of aliphatic carboxylic acids is 2. The van der Waals surface area contributed by atoms with E-state index in [0.717, 1.165) is 0 Å². The Morgan fingerprint density at radius 1 is 1.38 bits per heavy atom. The molecule has 89 valence electrons.